The summed E-state index contributed by atoms with van der Waals surface area (Å²) in [6.45, 7) is 9.18. The zero-order valence-corrected chi connectivity index (χ0v) is 13.7. The van der Waals surface area contributed by atoms with E-state index in [4.69, 9.17) is 9.47 Å². The number of anilines is 2. The monoisotopic (exact) mass is 307 g/mol. The van der Waals surface area contributed by atoms with Crippen molar-refractivity contribution in [2.75, 3.05) is 43.5 Å². The minimum absolute atomic E-state index is 0.461. The molecule has 0 atom stereocenters. The molecule has 1 aliphatic heterocycles. The summed E-state index contributed by atoms with van der Waals surface area (Å²) in [4.78, 5) is 14.3. The zero-order valence-electron chi connectivity index (χ0n) is 13.7. The second kappa shape index (κ2) is 6.87. The van der Waals surface area contributed by atoms with Gasteiger partial charge in [-0.2, -0.15) is 0 Å². The van der Waals surface area contributed by atoms with Gasteiger partial charge in [-0.05, 0) is 32.9 Å². The first-order valence-electron chi connectivity index (χ1n) is 7.53. The molecule has 0 aromatic heterocycles. The molecule has 1 aromatic carbocycles. The van der Waals surface area contributed by atoms with Gasteiger partial charge in [0.2, 0.25) is 0 Å². The Morgan fingerprint density at radius 2 is 1.95 bits per heavy atom. The first kappa shape index (κ1) is 16.4. The Bertz CT molecular complexity index is 520. The van der Waals surface area contributed by atoms with E-state index in [1.807, 2.05) is 39.0 Å². The quantitative estimate of drug-likeness (QED) is 0.898. The van der Waals surface area contributed by atoms with Crippen LogP contribution in [0.2, 0.25) is 0 Å². The van der Waals surface area contributed by atoms with Gasteiger partial charge in [0.1, 0.15) is 11.4 Å². The Labute approximate surface area is 131 Å². The molecule has 0 spiro atoms. The number of nitrogens with zero attached hydrogens (tertiary/aromatic N) is 1. The maximum Gasteiger partial charge on any atom is 0.412 e. The molecule has 1 aliphatic rings. The molecule has 1 fully saturated rings. The number of benzene rings is 1. The lowest BCUT2D eigenvalue weighted by Gasteiger charge is -2.31. The Hall–Kier alpha value is -1.95. The van der Waals surface area contributed by atoms with Crippen molar-refractivity contribution < 1.29 is 14.3 Å². The molecule has 0 bridgehead atoms. The van der Waals surface area contributed by atoms with E-state index in [9.17, 15) is 4.79 Å². The molecule has 0 radical (unpaired) electrons. The summed E-state index contributed by atoms with van der Waals surface area (Å²) in [6.07, 6.45) is -0.461. The van der Waals surface area contributed by atoms with Crippen molar-refractivity contribution in [1.29, 1.82) is 0 Å². The van der Waals surface area contributed by atoms with Crippen LogP contribution in [0.4, 0.5) is 16.2 Å². The van der Waals surface area contributed by atoms with Gasteiger partial charge in [0.05, 0.1) is 18.5 Å². The van der Waals surface area contributed by atoms with Crippen molar-refractivity contribution in [2.45, 2.75) is 26.4 Å². The van der Waals surface area contributed by atoms with E-state index < -0.39 is 11.7 Å². The largest absolute Gasteiger partial charge is 0.497 e. The highest BCUT2D eigenvalue weighted by molar-refractivity contribution is 5.90. The zero-order chi connectivity index (χ0) is 16.2. The van der Waals surface area contributed by atoms with Crippen LogP contribution in [0.15, 0.2) is 18.2 Å². The van der Waals surface area contributed by atoms with Gasteiger partial charge in [-0.25, -0.2) is 4.79 Å². The number of carbonyl (C=O) groups excluding carboxylic acids is 1. The summed E-state index contributed by atoms with van der Waals surface area (Å²) in [5.74, 6) is 0.699. The fourth-order valence-corrected chi connectivity index (χ4v) is 2.34. The third-order valence-corrected chi connectivity index (χ3v) is 3.30. The number of piperazine rings is 1. The molecule has 0 saturated carbocycles. The third kappa shape index (κ3) is 4.53. The van der Waals surface area contributed by atoms with Crippen molar-refractivity contribution >= 4 is 17.5 Å². The van der Waals surface area contributed by atoms with Crippen LogP contribution in [-0.4, -0.2) is 45.0 Å². The predicted molar refractivity (Wildman–Crippen MR) is 87.9 cm³/mol. The molecule has 2 N–H and O–H groups in total. The van der Waals surface area contributed by atoms with Crippen LogP contribution in [0.25, 0.3) is 0 Å². The van der Waals surface area contributed by atoms with Gasteiger partial charge in [0.25, 0.3) is 0 Å². The van der Waals surface area contributed by atoms with E-state index in [2.05, 4.69) is 15.5 Å². The molecule has 1 aromatic rings. The highest BCUT2D eigenvalue weighted by Crippen LogP contribution is 2.31. The highest BCUT2D eigenvalue weighted by atomic mass is 16.6. The predicted octanol–water partition coefficient (Wildman–Crippen LogP) is 2.45. The summed E-state index contributed by atoms with van der Waals surface area (Å²) in [6, 6.07) is 5.69. The van der Waals surface area contributed by atoms with Crippen LogP contribution in [0.5, 0.6) is 5.75 Å². The van der Waals surface area contributed by atoms with Gasteiger partial charge in [0.15, 0.2) is 0 Å². The Balaban J connectivity index is 2.20. The van der Waals surface area contributed by atoms with Gasteiger partial charge in [-0.1, -0.05) is 0 Å². The lowest BCUT2D eigenvalue weighted by atomic mass is 10.2. The van der Waals surface area contributed by atoms with E-state index in [-0.39, 0.29) is 0 Å². The molecule has 1 amide bonds. The van der Waals surface area contributed by atoms with Gasteiger partial charge >= 0.3 is 6.09 Å². The van der Waals surface area contributed by atoms with Gasteiger partial charge in [0, 0.05) is 32.2 Å². The Morgan fingerprint density at radius 3 is 2.55 bits per heavy atom. The van der Waals surface area contributed by atoms with E-state index in [1.54, 1.807) is 7.11 Å². The van der Waals surface area contributed by atoms with Crippen LogP contribution in [0.1, 0.15) is 20.8 Å². The topological polar surface area (TPSA) is 62.8 Å². The molecular formula is C16H25N3O3. The van der Waals surface area contributed by atoms with Crippen LogP contribution in [0, 0.1) is 0 Å². The number of methoxy groups -OCH3 is 1. The number of rotatable bonds is 3. The SMILES string of the molecule is COc1ccc(N2CCNCC2)c(NC(=O)OC(C)(C)C)c1. The third-order valence-electron chi connectivity index (χ3n) is 3.30. The molecule has 22 heavy (non-hydrogen) atoms. The van der Waals surface area contributed by atoms with Crippen molar-refractivity contribution in [3.63, 3.8) is 0 Å². The molecular weight excluding hydrogens is 282 g/mol. The molecule has 2 rings (SSSR count). The van der Waals surface area contributed by atoms with Crippen LogP contribution < -0.4 is 20.3 Å². The summed E-state index contributed by atoms with van der Waals surface area (Å²) < 4.78 is 10.6. The summed E-state index contributed by atoms with van der Waals surface area (Å²) in [5, 5.41) is 6.16. The van der Waals surface area contributed by atoms with E-state index in [1.165, 1.54) is 0 Å². The van der Waals surface area contributed by atoms with Crippen LogP contribution in [-0.2, 0) is 4.74 Å². The fourth-order valence-electron chi connectivity index (χ4n) is 2.34. The number of hydrogen-bond donors (Lipinski definition) is 2. The maximum absolute atomic E-state index is 12.1. The number of carbonyl (C=O) groups is 1. The lowest BCUT2D eigenvalue weighted by Crippen LogP contribution is -2.43. The van der Waals surface area contributed by atoms with Gasteiger partial charge in [-0.3, -0.25) is 5.32 Å². The number of hydrogen-bond acceptors (Lipinski definition) is 5. The van der Waals surface area contributed by atoms with Crippen LogP contribution >= 0.6 is 0 Å². The molecule has 1 heterocycles. The second-order valence-electron chi connectivity index (χ2n) is 6.25. The van der Waals surface area contributed by atoms with Crippen molar-refractivity contribution in [3.8, 4) is 5.75 Å². The van der Waals surface area contributed by atoms with E-state index in [0.29, 0.717) is 11.4 Å². The lowest BCUT2D eigenvalue weighted by molar-refractivity contribution is 0.0636. The van der Waals surface area contributed by atoms with Crippen molar-refractivity contribution in [3.05, 3.63) is 18.2 Å². The van der Waals surface area contributed by atoms with Crippen molar-refractivity contribution in [2.24, 2.45) is 0 Å². The van der Waals surface area contributed by atoms with Crippen molar-refractivity contribution in [1.82, 2.24) is 5.32 Å². The molecule has 0 unspecified atom stereocenters. The smallest absolute Gasteiger partial charge is 0.412 e. The Kier molecular flexibility index (Phi) is 5.13. The number of ether oxygens (including phenoxy) is 2. The average molecular weight is 307 g/mol. The molecule has 6 heteroatoms. The standard InChI is InChI=1S/C16H25N3O3/c1-16(2,3)22-15(20)18-13-11-12(21-4)5-6-14(13)19-9-7-17-8-10-19/h5-6,11,17H,7-10H2,1-4H3,(H,18,20). The normalized spacial score (nSPS) is 15.4. The Morgan fingerprint density at radius 1 is 1.27 bits per heavy atom. The van der Waals surface area contributed by atoms with Crippen LogP contribution in [0.3, 0.4) is 0 Å². The molecule has 1 saturated heterocycles. The summed E-state index contributed by atoms with van der Waals surface area (Å²) >= 11 is 0. The average Bonchev–Trinajstić information content (AvgIpc) is 2.46. The highest BCUT2D eigenvalue weighted by Gasteiger charge is 2.20. The second-order valence-corrected chi connectivity index (χ2v) is 6.25. The van der Waals surface area contributed by atoms with E-state index >= 15 is 0 Å². The summed E-state index contributed by atoms with van der Waals surface area (Å²) in [7, 11) is 1.61. The summed E-state index contributed by atoms with van der Waals surface area (Å²) in [5.41, 5.74) is 1.15. The first-order chi connectivity index (χ1) is 10.4. The molecule has 122 valence electrons. The number of nitrogens with one attached hydrogen (secondary N) is 2. The first-order valence-corrected chi connectivity index (χ1v) is 7.53. The van der Waals surface area contributed by atoms with Gasteiger partial charge in [-0.15, -0.1) is 0 Å². The molecule has 6 nitrogen and oxygen atoms in total. The maximum atomic E-state index is 12.1. The molecule has 0 aliphatic carbocycles. The van der Waals surface area contributed by atoms with Gasteiger partial charge < -0.3 is 19.7 Å². The fraction of sp³-hybridized carbons (Fsp3) is 0.562. The van der Waals surface area contributed by atoms with E-state index in [0.717, 1.165) is 31.9 Å². The minimum Gasteiger partial charge on any atom is -0.497 e. The number of amides is 1. The minimum atomic E-state index is -0.530.